The van der Waals surface area contributed by atoms with Gasteiger partial charge in [0.15, 0.2) is 5.96 Å². The summed E-state index contributed by atoms with van der Waals surface area (Å²) in [5.41, 5.74) is 11.4. The number of ether oxygens (including phenoxy) is 1. The topological polar surface area (TPSA) is 232 Å². The van der Waals surface area contributed by atoms with E-state index in [2.05, 4.69) is 20.3 Å². The first kappa shape index (κ1) is 32.0. The van der Waals surface area contributed by atoms with Crippen molar-refractivity contribution in [2.75, 3.05) is 19.7 Å². The van der Waals surface area contributed by atoms with E-state index < -0.39 is 58.8 Å². The van der Waals surface area contributed by atoms with Crippen LogP contribution in [0.4, 0.5) is 0 Å². The first-order valence-electron chi connectivity index (χ1n) is 11.6. The van der Waals surface area contributed by atoms with Crippen molar-refractivity contribution >= 4 is 39.7 Å². The van der Waals surface area contributed by atoms with Crippen molar-refractivity contribution in [2.45, 2.75) is 50.1 Å². The number of carbonyl (C=O) groups is 4. The van der Waals surface area contributed by atoms with Gasteiger partial charge in [-0.2, -0.15) is 4.72 Å². The number of aliphatic carboxylic acids is 1. The molecule has 0 spiro atoms. The molecule has 0 unspecified atom stereocenters. The zero-order valence-corrected chi connectivity index (χ0v) is 22.0. The van der Waals surface area contributed by atoms with Gasteiger partial charge in [0.05, 0.1) is 30.5 Å². The fourth-order valence-electron chi connectivity index (χ4n) is 3.01. The molecule has 15 heteroatoms. The number of nitrogens with zero attached hydrogens (tertiary/aromatic N) is 1. The summed E-state index contributed by atoms with van der Waals surface area (Å²) in [6.45, 7) is 3.07. The van der Waals surface area contributed by atoms with Crippen molar-refractivity contribution < 1.29 is 37.4 Å². The molecule has 0 fully saturated rings. The Morgan fingerprint density at radius 2 is 1.82 bits per heavy atom. The molecule has 8 N–H and O–H groups in total. The maximum Gasteiger partial charge on any atom is 0.330 e. The second kappa shape index (κ2) is 16.0. The monoisotopic (exact) mass is 554 g/mol. The Hall–Kier alpha value is -3.98. The summed E-state index contributed by atoms with van der Waals surface area (Å²) < 4.78 is 32.7. The second-order valence-electron chi connectivity index (χ2n) is 8.04. The highest BCUT2D eigenvalue weighted by atomic mass is 32.2. The molecule has 0 aromatic heterocycles. The molecule has 0 radical (unpaired) electrons. The number of aliphatic imine (C=N–C) groups is 1. The number of guanidine groups is 1. The minimum absolute atomic E-state index is 0.0131. The van der Waals surface area contributed by atoms with Crippen molar-refractivity contribution in [1.82, 2.24) is 15.4 Å². The highest BCUT2D eigenvalue weighted by molar-refractivity contribution is 7.89. The third kappa shape index (κ3) is 12.8. The van der Waals surface area contributed by atoms with Crippen molar-refractivity contribution in [3.63, 3.8) is 0 Å². The highest BCUT2D eigenvalue weighted by Crippen LogP contribution is 2.12. The first-order chi connectivity index (χ1) is 17.8. The number of carboxylic acid groups (broad SMARTS) is 1. The van der Waals surface area contributed by atoms with Crippen molar-refractivity contribution in [3.05, 3.63) is 42.0 Å². The normalized spacial score (nSPS) is 12.8. The molecular weight excluding hydrogens is 520 g/mol. The van der Waals surface area contributed by atoms with Crippen LogP contribution in [-0.4, -0.2) is 75.0 Å². The van der Waals surface area contributed by atoms with Gasteiger partial charge in [0.25, 0.3) is 0 Å². The van der Waals surface area contributed by atoms with Crippen LogP contribution < -0.4 is 26.8 Å². The number of sulfonamides is 1. The van der Waals surface area contributed by atoms with Gasteiger partial charge in [-0.25, -0.2) is 13.2 Å². The van der Waals surface area contributed by atoms with E-state index in [9.17, 15) is 27.6 Å². The molecule has 0 aliphatic rings. The number of carbonyl (C=O) groups excluding carboxylic acids is 3. The van der Waals surface area contributed by atoms with Gasteiger partial charge in [-0.05, 0) is 38.8 Å². The predicted octanol–water partition coefficient (Wildman–Crippen LogP) is -1.11. The molecule has 38 heavy (non-hydrogen) atoms. The highest BCUT2D eigenvalue weighted by Gasteiger charge is 2.26. The molecular formula is C23H34N6O8S. The van der Waals surface area contributed by atoms with E-state index in [0.717, 1.165) is 17.7 Å². The van der Waals surface area contributed by atoms with Gasteiger partial charge < -0.3 is 31.9 Å². The summed E-state index contributed by atoms with van der Waals surface area (Å²) in [5.74, 6) is -3.67. The van der Waals surface area contributed by atoms with E-state index in [1.807, 2.05) is 0 Å². The van der Waals surface area contributed by atoms with Gasteiger partial charge >= 0.3 is 11.9 Å². The fraction of sp³-hybridized carbons (Fsp3) is 0.435. The van der Waals surface area contributed by atoms with E-state index in [-0.39, 0.29) is 36.8 Å². The predicted molar refractivity (Wildman–Crippen MR) is 138 cm³/mol. The van der Waals surface area contributed by atoms with Gasteiger partial charge in [0.2, 0.25) is 21.8 Å². The lowest BCUT2D eigenvalue weighted by molar-refractivity contribution is -0.138. The van der Waals surface area contributed by atoms with E-state index in [0.29, 0.717) is 0 Å². The van der Waals surface area contributed by atoms with Gasteiger partial charge in [0, 0.05) is 12.6 Å². The van der Waals surface area contributed by atoms with Crippen molar-refractivity contribution in [1.29, 1.82) is 0 Å². The van der Waals surface area contributed by atoms with Gasteiger partial charge in [-0.3, -0.25) is 19.4 Å². The lowest BCUT2D eigenvalue weighted by atomic mass is 10.1. The lowest BCUT2D eigenvalue weighted by Gasteiger charge is -2.19. The number of hydrogen-bond donors (Lipinski definition) is 6. The Bertz CT molecular complexity index is 1130. The molecule has 1 rings (SSSR count). The standard InChI is InChI=1S/C23H34N6O8S/c1-3-37-21(33)11-8-16(13-20(31)32)28-19(30)14-27-22(34)18(5-4-12-26-23(24)25)29-38(35,36)17-9-6-15(2)7-10-17/h6-11,16,18,29H,3-5,12-14H2,1-2H3,(H,27,34)(H,28,30)(H,31,32)(H4,24,25,26)/b11-8+/t16-,18+/m1/s1. The molecule has 210 valence electrons. The largest absolute Gasteiger partial charge is 0.481 e. The van der Waals surface area contributed by atoms with Crippen LogP contribution in [0.15, 0.2) is 46.3 Å². The number of nitrogens with one attached hydrogen (secondary N) is 3. The molecule has 0 aliphatic carbocycles. The summed E-state index contributed by atoms with van der Waals surface area (Å²) in [6.07, 6.45) is 1.88. The molecule has 2 atom stereocenters. The molecule has 0 saturated carbocycles. The van der Waals surface area contributed by atoms with Gasteiger partial charge in [-0.1, -0.05) is 23.8 Å². The minimum atomic E-state index is -4.08. The Balaban J connectivity index is 2.89. The van der Waals surface area contributed by atoms with E-state index in [4.69, 9.17) is 21.3 Å². The van der Waals surface area contributed by atoms with E-state index in [1.54, 1.807) is 26.0 Å². The molecule has 0 bridgehead atoms. The van der Waals surface area contributed by atoms with Gasteiger partial charge in [-0.15, -0.1) is 0 Å². The van der Waals surface area contributed by atoms with E-state index >= 15 is 0 Å². The number of aryl methyl sites for hydroxylation is 1. The Morgan fingerprint density at radius 3 is 2.39 bits per heavy atom. The van der Waals surface area contributed by atoms with Crippen LogP contribution in [0.25, 0.3) is 0 Å². The van der Waals surface area contributed by atoms with Crippen LogP contribution in [0.5, 0.6) is 0 Å². The van der Waals surface area contributed by atoms with Crippen LogP contribution in [-0.2, 0) is 33.9 Å². The number of nitrogens with two attached hydrogens (primary N) is 2. The maximum atomic E-state index is 12.8. The molecule has 0 aliphatic heterocycles. The lowest BCUT2D eigenvalue weighted by Crippen LogP contribution is -2.49. The Labute approximate surface area is 220 Å². The van der Waals surface area contributed by atoms with E-state index in [1.165, 1.54) is 12.1 Å². The van der Waals surface area contributed by atoms with Crippen LogP contribution >= 0.6 is 0 Å². The summed E-state index contributed by atoms with van der Waals surface area (Å²) >= 11 is 0. The van der Waals surface area contributed by atoms with Crippen LogP contribution in [0.2, 0.25) is 0 Å². The smallest absolute Gasteiger partial charge is 0.330 e. The third-order valence-corrected chi connectivity index (χ3v) is 6.29. The molecule has 0 saturated heterocycles. The molecule has 1 aromatic rings. The number of amides is 2. The van der Waals surface area contributed by atoms with Gasteiger partial charge in [0.1, 0.15) is 6.04 Å². The fourth-order valence-corrected chi connectivity index (χ4v) is 4.24. The maximum absolute atomic E-state index is 12.8. The minimum Gasteiger partial charge on any atom is -0.481 e. The summed E-state index contributed by atoms with van der Waals surface area (Å²) in [4.78, 5) is 51.5. The first-order valence-corrected chi connectivity index (χ1v) is 13.1. The number of rotatable bonds is 16. The van der Waals surface area contributed by atoms with Crippen molar-refractivity contribution in [2.24, 2.45) is 16.5 Å². The number of benzene rings is 1. The molecule has 2 amide bonds. The zero-order valence-electron chi connectivity index (χ0n) is 21.2. The number of hydrogen-bond acceptors (Lipinski definition) is 8. The summed E-state index contributed by atoms with van der Waals surface area (Å²) in [5, 5.41) is 13.8. The van der Waals surface area contributed by atoms with Crippen LogP contribution in [0, 0.1) is 6.92 Å². The van der Waals surface area contributed by atoms with Crippen LogP contribution in [0.3, 0.4) is 0 Å². The average molecular weight is 555 g/mol. The summed E-state index contributed by atoms with van der Waals surface area (Å²) in [7, 11) is -4.08. The average Bonchev–Trinajstić information content (AvgIpc) is 2.83. The quantitative estimate of drug-likeness (QED) is 0.0474. The molecule has 14 nitrogen and oxygen atoms in total. The second-order valence-corrected chi connectivity index (χ2v) is 9.75. The SMILES string of the molecule is CCOC(=O)/C=C/[C@H](CC(=O)O)NC(=O)CNC(=O)[C@H](CCCN=C(N)N)NS(=O)(=O)c1ccc(C)cc1. The third-order valence-electron chi connectivity index (χ3n) is 4.81. The molecule has 1 aromatic carbocycles. The summed E-state index contributed by atoms with van der Waals surface area (Å²) in [6, 6.07) is 3.68. The number of esters is 1. The van der Waals surface area contributed by atoms with Crippen molar-refractivity contribution in [3.8, 4) is 0 Å². The van der Waals surface area contributed by atoms with Crippen LogP contribution in [0.1, 0.15) is 31.7 Å². The molecule has 0 heterocycles. The Morgan fingerprint density at radius 1 is 1.16 bits per heavy atom. The number of carboxylic acids is 1. The zero-order chi connectivity index (χ0) is 28.7. The Kier molecular flexibility index (Phi) is 13.5.